The van der Waals surface area contributed by atoms with E-state index in [9.17, 15) is 4.79 Å². The third-order valence-corrected chi connectivity index (χ3v) is 2.51. The number of nitrogens with zero attached hydrogens (tertiary/aromatic N) is 3. The number of nitrogens with two attached hydrogens (primary N) is 1. The molecule has 0 radical (unpaired) electrons. The van der Waals surface area contributed by atoms with E-state index >= 15 is 0 Å². The molecule has 0 aliphatic rings. The predicted octanol–water partition coefficient (Wildman–Crippen LogP) is 1.25. The highest BCUT2D eigenvalue weighted by Crippen LogP contribution is 2.17. The summed E-state index contributed by atoms with van der Waals surface area (Å²) in [7, 11) is 1.29. The quantitative estimate of drug-likeness (QED) is 0.806. The Labute approximate surface area is 104 Å². The van der Waals surface area contributed by atoms with Crippen molar-refractivity contribution in [1.29, 1.82) is 0 Å². The van der Waals surface area contributed by atoms with Gasteiger partial charge in [0.25, 0.3) is 0 Å². The molecule has 0 unspecified atom stereocenters. The van der Waals surface area contributed by atoms with Gasteiger partial charge in [-0.3, -0.25) is 4.57 Å². The molecule has 94 valence electrons. The average Bonchev–Trinajstić information content (AvgIpc) is 2.69. The number of ether oxygens (including phenoxy) is 1. The first kappa shape index (κ1) is 12.1. The van der Waals surface area contributed by atoms with Crippen LogP contribution in [0.3, 0.4) is 0 Å². The van der Waals surface area contributed by atoms with Gasteiger partial charge in [-0.25, -0.2) is 14.8 Å². The van der Waals surface area contributed by atoms with E-state index in [0.717, 1.165) is 11.3 Å². The van der Waals surface area contributed by atoms with Crippen LogP contribution in [0.5, 0.6) is 0 Å². The number of anilines is 1. The fourth-order valence-corrected chi connectivity index (χ4v) is 1.74. The molecule has 6 heteroatoms. The molecule has 18 heavy (non-hydrogen) atoms. The van der Waals surface area contributed by atoms with Gasteiger partial charge in [0.1, 0.15) is 18.0 Å². The lowest BCUT2D eigenvalue weighted by atomic mass is 10.2. The monoisotopic (exact) mass is 246 g/mol. The molecule has 0 aromatic carbocycles. The lowest BCUT2D eigenvalue weighted by Gasteiger charge is -2.06. The second kappa shape index (κ2) is 4.48. The Hall–Kier alpha value is -2.37. The third kappa shape index (κ3) is 2.04. The van der Waals surface area contributed by atoms with Gasteiger partial charge in [-0.05, 0) is 31.5 Å². The topological polar surface area (TPSA) is 83.0 Å². The zero-order valence-corrected chi connectivity index (χ0v) is 10.5. The van der Waals surface area contributed by atoms with Crippen LogP contribution in [0.15, 0.2) is 18.5 Å². The highest BCUT2D eigenvalue weighted by atomic mass is 16.5. The predicted molar refractivity (Wildman–Crippen MR) is 66.6 cm³/mol. The van der Waals surface area contributed by atoms with E-state index in [1.54, 1.807) is 4.57 Å². The van der Waals surface area contributed by atoms with E-state index in [-0.39, 0.29) is 11.5 Å². The Morgan fingerprint density at radius 1 is 1.39 bits per heavy atom. The van der Waals surface area contributed by atoms with Gasteiger partial charge in [0.05, 0.1) is 7.11 Å². The third-order valence-electron chi connectivity index (χ3n) is 2.51. The zero-order chi connectivity index (χ0) is 13.3. The number of carbonyl (C=O) groups excluding carboxylic acids is 1. The van der Waals surface area contributed by atoms with Crippen molar-refractivity contribution in [3.05, 3.63) is 35.4 Å². The molecule has 2 heterocycles. The number of methoxy groups -OCH3 is 1. The number of nitrogen functional groups attached to an aromatic ring is 1. The van der Waals surface area contributed by atoms with Crippen molar-refractivity contribution in [1.82, 2.24) is 14.5 Å². The van der Waals surface area contributed by atoms with Gasteiger partial charge in [0.2, 0.25) is 0 Å². The van der Waals surface area contributed by atoms with Crippen LogP contribution in [0.25, 0.3) is 5.82 Å². The summed E-state index contributed by atoms with van der Waals surface area (Å²) < 4.78 is 6.16. The summed E-state index contributed by atoms with van der Waals surface area (Å²) in [6.45, 7) is 3.86. The molecule has 2 rings (SSSR count). The van der Waals surface area contributed by atoms with Crippen molar-refractivity contribution in [2.24, 2.45) is 0 Å². The van der Waals surface area contributed by atoms with E-state index in [1.165, 1.54) is 13.4 Å². The number of carbonyl (C=O) groups is 1. The van der Waals surface area contributed by atoms with Crippen LogP contribution in [-0.4, -0.2) is 27.6 Å². The van der Waals surface area contributed by atoms with Crippen molar-refractivity contribution < 1.29 is 9.53 Å². The molecule has 0 amide bonds. The van der Waals surface area contributed by atoms with E-state index in [1.807, 2.05) is 26.0 Å². The molecule has 0 atom stereocenters. The van der Waals surface area contributed by atoms with Gasteiger partial charge in [-0.1, -0.05) is 0 Å². The van der Waals surface area contributed by atoms with Crippen molar-refractivity contribution >= 4 is 11.8 Å². The molecule has 0 aliphatic heterocycles. The Kier molecular flexibility index (Phi) is 3.01. The first-order valence-corrected chi connectivity index (χ1v) is 5.39. The van der Waals surface area contributed by atoms with Crippen molar-refractivity contribution in [2.75, 3.05) is 12.8 Å². The number of imidazole rings is 1. The van der Waals surface area contributed by atoms with E-state index < -0.39 is 5.97 Å². The highest BCUT2D eigenvalue weighted by Gasteiger charge is 2.17. The maximum absolute atomic E-state index is 11.4. The maximum atomic E-state index is 11.4. The van der Waals surface area contributed by atoms with E-state index in [0.29, 0.717) is 5.82 Å². The normalized spacial score (nSPS) is 10.4. The van der Waals surface area contributed by atoms with Crippen LogP contribution in [0.4, 0.5) is 5.82 Å². The molecular formula is C12H14N4O2. The second-order valence-electron chi connectivity index (χ2n) is 3.98. The van der Waals surface area contributed by atoms with Gasteiger partial charge in [-0.15, -0.1) is 0 Å². The fraction of sp³-hybridized carbons (Fsp3) is 0.250. The average molecular weight is 246 g/mol. The number of hydrogen-bond acceptors (Lipinski definition) is 5. The summed E-state index contributed by atoms with van der Waals surface area (Å²) in [5.74, 6) is 0.294. The first-order valence-electron chi connectivity index (χ1n) is 5.39. The lowest BCUT2D eigenvalue weighted by molar-refractivity contribution is 0.0596. The maximum Gasteiger partial charge on any atom is 0.360 e. The Bertz CT molecular complexity index is 584. The minimum Gasteiger partial charge on any atom is -0.464 e. The Morgan fingerprint density at radius 2 is 2.11 bits per heavy atom. The zero-order valence-electron chi connectivity index (χ0n) is 10.5. The summed E-state index contributed by atoms with van der Waals surface area (Å²) in [6, 6.07) is 3.82. The molecule has 0 aliphatic carbocycles. The Balaban J connectivity index is 2.52. The van der Waals surface area contributed by atoms with Gasteiger partial charge in [0, 0.05) is 5.69 Å². The molecule has 2 aromatic heterocycles. The molecule has 6 nitrogen and oxygen atoms in total. The fourth-order valence-electron chi connectivity index (χ4n) is 1.74. The minimum absolute atomic E-state index is 0.0958. The number of pyridine rings is 1. The summed E-state index contributed by atoms with van der Waals surface area (Å²) in [6.07, 6.45) is 1.46. The smallest absolute Gasteiger partial charge is 0.360 e. The molecule has 0 bridgehead atoms. The van der Waals surface area contributed by atoms with Crippen molar-refractivity contribution in [3.63, 3.8) is 0 Å². The molecule has 0 spiro atoms. The van der Waals surface area contributed by atoms with E-state index in [2.05, 4.69) is 14.7 Å². The van der Waals surface area contributed by atoms with Crippen molar-refractivity contribution in [2.45, 2.75) is 13.8 Å². The number of rotatable bonds is 2. The second-order valence-corrected chi connectivity index (χ2v) is 3.98. The van der Waals surface area contributed by atoms with E-state index in [4.69, 9.17) is 5.73 Å². The van der Waals surface area contributed by atoms with Crippen LogP contribution in [0, 0.1) is 13.8 Å². The highest BCUT2D eigenvalue weighted by molar-refractivity contribution is 5.92. The summed E-state index contributed by atoms with van der Waals surface area (Å²) in [5, 5.41) is 0. The van der Waals surface area contributed by atoms with Crippen LogP contribution >= 0.6 is 0 Å². The van der Waals surface area contributed by atoms with Gasteiger partial charge >= 0.3 is 5.97 Å². The van der Waals surface area contributed by atoms with Crippen LogP contribution in [0.2, 0.25) is 0 Å². The van der Waals surface area contributed by atoms with Gasteiger partial charge in [-0.2, -0.15) is 0 Å². The molecule has 2 N–H and O–H groups in total. The number of hydrogen-bond donors (Lipinski definition) is 1. The van der Waals surface area contributed by atoms with Crippen LogP contribution in [0.1, 0.15) is 21.7 Å². The SMILES string of the molecule is COC(=O)c1ncn(-c2cc(C)cc(C)n2)c1N. The number of aryl methyl sites for hydroxylation is 2. The van der Waals surface area contributed by atoms with Crippen LogP contribution < -0.4 is 5.73 Å². The Morgan fingerprint density at radius 3 is 2.72 bits per heavy atom. The molecule has 0 saturated heterocycles. The number of esters is 1. The summed E-state index contributed by atoms with van der Waals surface area (Å²) in [5.41, 5.74) is 7.90. The minimum atomic E-state index is -0.560. The van der Waals surface area contributed by atoms with Gasteiger partial charge < -0.3 is 10.5 Å². The van der Waals surface area contributed by atoms with Gasteiger partial charge in [0.15, 0.2) is 5.69 Å². The first-order chi connectivity index (χ1) is 8.52. The molecule has 0 saturated carbocycles. The standard InChI is InChI=1S/C12H14N4O2/c1-7-4-8(2)15-9(5-7)16-6-14-10(11(16)13)12(17)18-3/h4-6H,13H2,1-3H3. The summed E-state index contributed by atoms with van der Waals surface area (Å²) >= 11 is 0. The van der Waals surface area contributed by atoms with Crippen molar-refractivity contribution in [3.8, 4) is 5.82 Å². The molecular weight excluding hydrogens is 232 g/mol. The van der Waals surface area contributed by atoms with Crippen LogP contribution in [-0.2, 0) is 4.74 Å². The number of aromatic nitrogens is 3. The summed E-state index contributed by atoms with van der Waals surface area (Å²) in [4.78, 5) is 19.7. The largest absolute Gasteiger partial charge is 0.464 e. The molecule has 2 aromatic rings. The lowest BCUT2D eigenvalue weighted by Crippen LogP contribution is -2.08. The molecule has 0 fully saturated rings.